The smallest absolute Gasteiger partial charge is 0.268 e. The summed E-state index contributed by atoms with van der Waals surface area (Å²) >= 11 is 1.09. The number of imidazole rings is 1. The van der Waals surface area contributed by atoms with Crippen LogP contribution in [0.15, 0.2) is 24.5 Å². The van der Waals surface area contributed by atoms with Crippen molar-refractivity contribution in [3.05, 3.63) is 46.7 Å². The highest BCUT2D eigenvalue weighted by Gasteiger charge is 2.22. The number of anilines is 2. The molecule has 1 amide bonds. The van der Waals surface area contributed by atoms with E-state index in [0.717, 1.165) is 37.1 Å². The molecule has 4 heterocycles. The number of fused-ring (bicyclic) bond motifs is 1. The van der Waals surface area contributed by atoms with Crippen LogP contribution in [0.5, 0.6) is 0 Å². The number of nitrogens with two attached hydrogens (primary N) is 1. The van der Waals surface area contributed by atoms with E-state index in [9.17, 15) is 13.6 Å². The van der Waals surface area contributed by atoms with Gasteiger partial charge in [0.2, 0.25) is 0 Å². The van der Waals surface area contributed by atoms with Gasteiger partial charge in [-0.3, -0.25) is 4.79 Å². The molecule has 3 aromatic rings. The normalized spacial score (nSPS) is 17.7. The zero-order chi connectivity index (χ0) is 19.8. The van der Waals surface area contributed by atoms with Gasteiger partial charge in [-0.1, -0.05) is 6.42 Å². The molecule has 3 N–H and O–H groups in total. The lowest BCUT2D eigenvalue weighted by atomic mass is 10.2. The van der Waals surface area contributed by atoms with Crippen LogP contribution in [0.4, 0.5) is 19.5 Å². The number of nitrogens with zero attached hydrogens (tertiary/aromatic N) is 3. The van der Waals surface area contributed by atoms with E-state index in [0.29, 0.717) is 17.2 Å². The van der Waals surface area contributed by atoms with Gasteiger partial charge in [0.1, 0.15) is 10.7 Å². The number of nitrogens with one attached hydrogen (secondary N) is 1. The Morgan fingerprint density at radius 2 is 2.11 bits per heavy atom. The lowest BCUT2D eigenvalue weighted by molar-refractivity contribution is 0.102. The van der Waals surface area contributed by atoms with Gasteiger partial charge in [-0.25, -0.2) is 13.8 Å². The predicted octanol–water partition coefficient (Wildman–Crippen LogP) is 3.55. The second-order valence-corrected chi connectivity index (χ2v) is 8.14. The number of carbonyl (C=O) groups is 1. The largest absolute Gasteiger partial charge is 0.362 e. The number of halogens is 2. The summed E-state index contributed by atoms with van der Waals surface area (Å²) in [4.78, 5) is 18.7. The van der Waals surface area contributed by atoms with Crippen LogP contribution in [0.1, 0.15) is 34.6 Å². The fourth-order valence-electron chi connectivity index (χ4n) is 3.48. The Labute approximate surface area is 165 Å². The molecule has 28 heavy (non-hydrogen) atoms. The van der Waals surface area contributed by atoms with E-state index in [1.807, 2.05) is 4.90 Å². The van der Waals surface area contributed by atoms with Gasteiger partial charge in [0.15, 0.2) is 11.5 Å². The molecule has 1 saturated heterocycles. The Kier molecular flexibility index (Phi) is 5.03. The summed E-state index contributed by atoms with van der Waals surface area (Å²) in [5.74, 6) is -1.75. The van der Waals surface area contributed by atoms with Crippen LogP contribution in [0.25, 0.3) is 5.65 Å². The zero-order valence-corrected chi connectivity index (χ0v) is 16.2. The lowest BCUT2D eigenvalue weighted by Gasteiger charge is -2.22. The molecular weight excluding hydrogens is 384 g/mol. The summed E-state index contributed by atoms with van der Waals surface area (Å²) in [6, 6.07) is 2.60. The van der Waals surface area contributed by atoms with Gasteiger partial charge in [-0.2, -0.15) is 0 Å². The quantitative estimate of drug-likeness (QED) is 0.699. The molecule has 0 spiro atoms. The highest BCUT2D eigenvalue weighted by Crippen LogP contribution is 2.31. The number of aromatic nitrogens is 2. The fourth-order valence-corrected chi connectivity index (χ4v) is 4.44. The van der Waals surface area contributed by atoms with Crippen molar-refractivity contribution in [3.63, 3.8) is 0 Å². The fraction of sp³-hybridized carbons (Fsp3) is 0.368. The number of carbonyl (C=O) groups excluding carboxylic acids is 1. The first-order chi connectivity index (χ1) is 13.4. The standard InChI is InChI=1S/C19H21F2N5OS/c1-11-8-26-10-13(6-15(21)18(26)23-11)24-19(27)17-14(20)7-16(28-17)25-5-3-2-4-12(22)9-25/h6-8,10,12H,2-5,9,22H2,1H3,(H,24,27). The number of aryl methyl sites for hydroxylation is 1. The van der Waals surface area contributed by atoms with Gasteiger partial charge in [0.25, 0.3) is 5.91 Å². The number of hydrogen-bond donors (Lipinski definition) is 2. The first-order valence-electron chi connectivity index (χ1n) is 9.17. The predicted molar refractivity (Wildman–Crippen MR) is 106 cm³/mol. The molecule has 0 saturated carbocycles. The van der Waals surface area contributed by atoms with E-state index in [2.05, 4.69) is 10.3 Å². The molecule has 3 aromatic heterocycles. The lowest BCUT2D eigenvalue weighted by Crippen LogP contribution is -2.35. The summed E-state index contributed by atoms with van der Waals surface area (Å²) in [6.07, 6.45) is 6.18. The van der Waals surface area contributed by atoms with Gasteiger partial charge in [-0.15, -0.1) is 11.3 Å². The second kappa shape index (κ2) is 7.48. The number of amides is 1. The van der Waals surface area contributed by atoms with E-state index in [4.69, 9.17) is 5.73 Å². The van der Waals surface area contributed by atoms with Crippen LogP contribution < -0.4 is 16.0 Å². The first kappa shape index (κ1) is 18.8. The number of hydrogen-bond acceptors (Lipinski definition) is 5. The summed E-state index contributed by atoms with van der Waals surface area (Å²) in [6.45, 7) is 3.18. The number of rotatable bonds is 3. The van der Waals surface area contributed by atoms with Crippen molar-refractivity contribution in [2.75, 3.05) is 23.3 Å². The molecule has 1 aliphatic rings. The van der Waals surface area contributed by atoms with Crippen molar-refractivity contribution >= 4 is 33.6 Å². The number of thiophene rings is 1. The summed E-state index contributed by atoms with van der Waals surface area (Å²) in [5.41, 5.74) is 7.15. The van der Waals surface area contributed by atoms with Crippen LogP contribution in [0, 0.1) is 18.6 Å². The van der Waals surface area contributed by atoms with Crippen LogP contribution in [0.2, 0.25) is 0 Å². The average molecular weight is 405 g/mol. The maximum atomic E-state index is 14.5. The Morgan fingerprint density at radius 3 is 2.93 bits per heavy atom. The molecule has 1 fully saturated rings. The van der Waals surface area contributed by atoms with Crippen molar-refractivity contribution in [2.45, 2.75) is 32.2 Å². The maximum absolute atomic E-state index is 14.5. The van der Waals surface area contributed by atoms with Gasteiger partial charge >= 0.3 is 0 Å². The Hall–Kier alpha value is -2.52. The molecule has 9 heteroatoms. The van der Waals surface area contributed by atoms with Gasteiger partial charge in [0, 0.05) is 43.7 Å². The van der Waals surface area contributed by atoms with Crippen molar-refractivity contribution in [1.29, 1.82) is 0 Å². The Bertz CT molecular complexity index is 1030. The van der Waals surface area contributed by atoms with E-state index < -0.39 is 17.5 Å². The topological polar surface area (TPSA) is 75.7 Å². The third kappa shape index (κ3) is 3.72. The molecule has 1 atom stereocenters. The van der Waals surface area contributed by atoms with Crippen LogP contribution in [0.3, 0.4) is 0 Å². The highest BCUT2D eigenvalue weighted by atomic mass is 32.1. The monoisotopic (exact) mass is 405 g/mol. The van der Waals surface area contributed by atoms with Gasteiger partial charge < -0.3 is 20.4 Å². The minimum Gasteiger partial charge on any atom is -0.362 e. The molecule has 0 bridgehead atoms. The zero-order valence-electron chi connectivity index (χ0n) is 15.4. The van der Waals surface area contributed by atoms with E-state index in [-0.39, 0.29) is 22.3 Å². The number of pyridine rings is 1. The third-order valence-electron chi connectivity index (χ3n) is 4.78. The Morgan fingerprint density at radius 1 is 1.29 bits per heavy atom. The minimum atomic E-state index is -0.608. The summed E-state index contributed by atoms with van der Waals surface area (Å²) < 4.78 is 30.1. The molecule has 148 valence electrons. The molecule has 0 aliphatic carbocycles. The summed E-state index contributed by atoms with van der Waals surface area (Å²) in [7, 11) is 0. The van der Waals surface area contributed by atoms with E-state index >= 15 is 0 Å². The molecular formula is C19H21F2N5OS. The average Bonchev–Trinajstić information content (AvgIpc) is 3.12. The molecule has 0 aromatic carbocycles. The van der Waals surface area contributed by atoms with Crippen molar-refractivity contribution in [1.82, 2.24) is 9.38 Å². The highest BCUT2D eigenvalue weighted by molar-refractivity contribution is 7.18. The third-order valence-corrected chi connectivity index (χ3v) is 5.95. The van der Waals surface area contributed by atoms with Crippen molar-refractivity contribution < 1.29 is 13.6 Å². The van der Waals surface area contributed by atoms with Gasteiger partial charge in [0.05, 0.1) is 16.4 Å². The first-order valence-corrected chi connectivity index (χ1v) is 9.98. The molecule has 4 rings (SSSR count). The molecule has 6 nitrogen and oxygen atoms in total. The minimum absolute atomic E-state index is 0.0323. The molecule has 1 aliphatic heterocycles. The van der Waals surface area contributed by atoms with Gasteiger partial charge in [-0.05, 0) is 19.8 Å². The van der Waals surface area contributed by atoms with Crippen molar-refractivity contribution in [3.8, 4) is 0 Å². The SMILES string of the molecule is Cc1cn2cc(NC(=O)c3sc(N4CCCCC(N)C4)cc3F)cc(F)c2n1. The Balaban J connectivity index is 1.56. The summed E-state index contributed by atoms with van der Waals surface area (Å²) in [5, 5.41) is 3.27. The van der Waals surface area contributed by atoms with E-state index in [1.54, 1.807) is 19.3 Å². The van der Waals surface area contributed by atoms with Crippen LogP contribution >= 0.6 is 11.3 Å². The maximum Gasteiger partial charge on any atom is 0.268 e. The second-order valence-electron chi connectivity index (χ2n) is 7.11. The van der Waals surface area contributed by atoms with E-state index in [1.165, 1.54) is 16.5 Å². The van der Waals surface area contributed by atoms with Crippen LogP contribution in [-0.4, -0.2) is 34.4 Å². The van der Waals surface area contributed by atoms with Crippen molar-refractivity contribution in [2.24, 2.45) is 5.73 Å². The van der Waals surface area contributed by atoms with Crippen LogP contribution in [-0.2, 0) is 0 Å². The molecule has 0 radical (unpaired) electrons. The molecule has 1 unspecified atom stereocenters.